The topological polar surface area (TPSA) is 29.1 Å². The van der Waals surface area contributed by atoms with Crippen molar-refractivity contribution in [1.82, 2.24) is 5.32 Å². The quantitative estimate of drug-likeness (QED) is 0.567. The first-order valence-corrected chi connectivity index (χ1v) is 4.53. The Hall–Kier alpha value is -0.310. The minimum Gasteiger partial charge on any atom is -0.352 e. The summed E-state index contributed by atoms with van der Waals surface area (Å²) in [5.74, 6) is 0.347. The highest BCUT2D eigenvalue weighted by Crippen LogP contribution is 2.11. The largest absolute Gasteiger partial charge is 0.352 e. The van der Waals surface area contributed by atoms with Crippen molar-refractivity contribution in [2.45, 2.75) is 18.7 Å². The molecule has 0 saturated carbocycles. The Morgan fingerprint density at radius 2 is 2.27 bits per heavy atom. The van der Waals surface area contributed by atoms with Crippen LogP contribution in [-0.4, -0.2) is 17.3 Å². The van der Waals surface area contributed by atoms with Gasteiger partial charge in [0.25, 0.3) is 0 Å². The lowest BCUT2D eigenvalue weighted by atomic mass is 10.1. The number of hydrogen-bond acceptors (Lipinski definition) is 1. The molecule has 0 aliphatic carbocycles. The van der Waals surface area contributed by atoms with Crippen LogP contribution in [0.1, 0.15) is 13.8 Å². The lowest BCUT2D eigenvalue weighted by Crippen LogP contribution is -2.33. The number of nitrogens with one attached hydrogen (secondary N) is 1. The predicted octanol–water partition coefficient (Wildman–Crippen LogP) is 1.71. The zero-order valence-electron chi connectivity index (χ0n) is 6.93. The molecule has 0 aromatic heterocycles. The number of hydrogen-bond donors (Lipinski definition) is 1. The van der Waals surface area contributed by atoms with Crippen LogP contribution in [-0.2, 0) is 4.79 Å². The van der Waals surface area contributed by atoms with Crippen LogP contribution in [0.3, 0.4) is 0 Å². The summed E-state index contributed by atoms with van der Waals surface area (Å²) in [7, 11) is 0. The molecule has 1 N–H and O–H groups in total. The van der Waals surface area contributed by atoms with Gasteiger partial charge in [0.05, 0.1) is 4.83 Å². The van der Waals surface area contributed by atoms with Crippen molar-refractivity contribution in [1.29, 1.82) is 0 Å². The van der Waals surface area contributed by atoms with Crippen molar-refractivity contribution in [2.24, 2.45) is 5.92 Å². The van der Waals surface area contributed by atoms with Gasteiger partial charge in [0.15, 0.2) is 0 Å². The highest BCUT2D eigenvalue weighted by Gasteiger charge is 2.16. The molecule has 0 fully saturated rings. The molecule has 0 heterocycles. The molecule has 0 rings (SSSR count). The van der Waals surface area contributed by atoms with Crippen molar-refractivity contribution < 1.29 is 4.79 Å². The lowest BCUT2D eigenvalue weighted by Gasteiger charge is -2.12. The molecule has 0 spiro atoms. The molecule has 11 heavy (non-hydrogen) atoms. The van der Waals surface area contributed by atoms with Crippen molar-refractivity contribution in [3.05, 3.63) is 12.7 Å². The standard InChI is InChI=1S/C8H14BrNO/c1-4-5-10-8(11)7(9)6(2)3/h4,6-7H,1,5H2,2-3H3,(H,10,11)/t7-/m0/s1. The SMILES string of the molecule is C=CCNC(=O)[C@@H](Br)C(C)C. The van der Waals surface area contributed by atoms with E-state index in [0.29, 0.717) is 12.5 Å². The number of alkyl halides is 1. The van der Waals surface area contributed by atoms with E-state index in [1.807, 2.05) is 13.8 Å². The Labute approximate surface area is 76.2 Å². The molecule has 0 bridgehead atoms. The van der Waals surface area contributed by atoms with Gasteiger partial charge in [-0.2, -0.15) is 0 Å². The van der Waals surface area contributed by atoms with Gasteiger partial charge in [0.2, 0.25) is 5.91 Å². The molecule has 0 unspecified atom stereocenters. The van der Waals surface area contributed by atoms with E-state index in [1.54, 1.807) is 6.08 Å². The summed E-state index contributed by atoms with van der Waals surface area (Å²) < 4.78 is 0. The number of amides is 1. The molecule has 2 nitrogen and oxygen atoms in total. The fourth-order valence-electron chi connectivity index (χ4n) is 0.573. The highest BCUT2D eigenvalue weighted by atomic mass is 79.9. The van der Waals surface area contributed by atoms with E-state index < -0.39 is 0 Å². The van der Waals surface area contributed by atoms with Crippen molar-refractivity contribution in [3.8, 4) is 0 Å². The van der Waals surface area contributed by atoms with Crippen LogP contribution >= 0.6 is 15.9 Å². The van der Waals surface area contributed by atoms with Crippen LogP contribution in [0.5, 0.6) is 0 Å². The first kappa shape index (κ1) is 10.7. The van der Waals surface area contributed by atoms with Crippen LogP contribution in [0.25, 0.3) is 0 Å². The zero-order chi connectivity index (χ0) is 8.85. The molecule has 0 radical (unpaired) electrons. The zero-order valence-corrected chi connectivity index (χ0v) is 8.52. The summed E-state index contributed by atoms with van der Waals surface area (Å²) in [6, 6.07) is 0. The van der Waals surface area contributed by atoms with E-state index in [0.717, 1.165) is 0 Å². The molecule has 1 atom stereocenters. The average molecular weight is 220 g/mol. The molecular weight excluding hydrogens is 206 g/mol. The van der Waals surface area contributed by atoms with Gasteiger partial charge in [0.1, 0.15) is 0 Å². The van der Waals surface area contributed by atoms with E-state index in [4.69, 9.17) is 0 Å². The molecule has 0 aromatic rings. The van der Waals surface area contributed by atoms with Crippen molar-refractivity contribution >= 4 is 21.8 Å². The normalized spacial score (nSPS) is 12.7. The fraction of sp³-hybridized carbons (Fsp3) is 0.625. The second-order valence-corrected chi connectivity index (χ2v) is 3.67. The van der Waals surface area contributed by atoms with E-state index in [9.17, 15) is 4.79 Å². The summed E-state index contributed by atoms with van der Waals surface area (Å²) in [6.07, 6.45) is 1.66. The first-order chi connectivity index (χ1) is 5.09. The van der Waals surface area contributed by atoms with Crippen molar-refractivity contribution in [2.75, 3.05) is 6.54 Å². The molecule has 0 aliphatic heterocycles. The first-order valence-electron chi connectivity index (χ1n) is 3.62. The third kappa shape index (κ3) is 4.19. The molecule has 0 aromatic carbocycles. The van der Waals surface area contributed by atoms with Crippen LogP contribution in [0, 0.1) is 5.92 Å². The van der Waals surface area contributed by atoms with Gasteiger partial charge < -0.3 is 5.32 Å². The summed E-state index contributed by atoms with van der Waals surface area (Å²) in [5.41, 5.74) is 0. The minimum atomic E-state index is -0.0950. The Kier molecular flexibility index (Phi) is 5.20. The van der Waals surface area contributed by atoms with Crippen LogP contribution in [0.4, 0.5) is 0 Å². The third-order valence-electron chi connectivity index (χ3n) is 1.26. The maximum Gasteiger partial charge on any atom is 0.234 e. The van der Waals surface area contributed by atoms with E-state index in [-0.39, 0.29) is 10.7 Å². The van der Waals surface area contributed by atoms with E-state index in [1.165, 1.54) is 0 Å². The molecular formula is C8H14BrNO. The van der Waals surface area contributed by atoms with Gasteiger partial charge in [0, 0.05) is 6.54 Å². The third-order valence-corrected chi connectivity index (χ3v) is 2.73. The smallest absolute Gasteiger partial charge is 0.234 e. The number of halogens is 1. The van der Waals surface area contributed by atoms with Gasteiger partial charge in [-0.15, -0.1) is 6.58 Å². The second-order valence-electron chi connectivity index (χ2n) is 2.68. The van der Waals surface area contributed by atoms with E-state index in [2.05, 4.69) is 27.8 Å². The Balaban J connectivity index is 3.73. The van der Waals surface area contributed by atoms with Gasteiger partial charge in [-0.1, -0.05) is 35.9 Å². The fourth-order valence-corrected chi connectivity index (χ4v) is 0.735. The van der Waals surface area contributed by atoms with Gasteiger partial charge in [-0.25, -0.2) is 0 Å². The van der Waals surface area contributed by atoms with Crippen LogP contribution in [0.2, 0.25) is 0 Å². The van der Waals surface area contributed by atoms with Crippen molar-refractivity contribution in [3.63, 3.8) is 0 Å². The van der Waals surface area contributed by atoms with Gasteiger partial charge >= 0.3 is 0 Å². The summed E-state index contributed by atoms with van der Waals surface area (Å²) in [4.78, 5) is 11.0. The second kappa shape index (κ2) is 5.35. The van der Waals surface area contributed by atoms with Gasteiger partial charge in [-0.05, 0) is 5.92 Å². The molecule has 1 amide bonds. The number of carbonyl (C=O) groups excluding carboxylic acids is 1. The Morgan fingerprint density at radius 1 is 1.73 bits per heavy atom. The Bertz CT molecular complexity index is 145. The maximum absolute atomic E-state index is 11.1. The number of rotatable bonds is 4. The molecule has 3 heteroatoms. The highest BCUT2D eigenvalue weighted by molar-refractivity contribution is 9.10. The molecule has 0 saturated heterocycles. The summed E-state index contributed by atoms with van der Waals surface area (Å²) >= 11 is 3.29. The lowest BCUT2D eigenvalue weighted by molar-refractivity contribution is -0.120. The molecule has 0 aliphatic rings. The van der Waals surface area contributed by atoms with Crippen LogP contribution in [0.15, 0.2) is 12.7 Å². The summed E-state index contributed by atoms with van der Waals surface area (Å²) in [6.45, 7) is 8.03. The minimum absolute atomic E-state index is 0.0277. The van der Waals surface area contributed by atoms with Gasteiger partial charge in [-0.3, -0.25) is 4.79 Å². The van der Waals surface area contributed by atoms with Crippen LogP contribution < -0.4 is 5.32 Å². The maximum atomic E-state index is 11.1. The number of carbonyl (C=O) groups is 1. The van der Waals surface area contributed by atoms with E-state index >= 15 is 0 Å². The predicted molar refractivity (Wildman–Crippen MR) is 50.8 cm³/mol. The monoisotopic (exact) mass is 219 g/mol. The molecule has 64 valence electrons. The Morgan fingerprint density at radius 3 is 2.64 bits per heavy atom. The summed E-state index contributed by atoms with van der Waals surface area (Å²) in [5, 5.41) is 2.71. The average Bonchev–Trinajstić information content (AvgIpc) is 1.98.